The van der Waals surface area contributed by atoms with E-state index in [-0.39, 0.29) is 5.78 Å². The Kier molecular flexibility index (Phi) is 2.27. The van der Waals surface area contributed by atoms with Gasteiger partial charge < -0.3 is 0 Å². The molecule has 2 aromatic rings. The van der Waals surface area contributed by atoms with Crippen LogP contribution < -0.4 is 0 Å². The lowest BCUT2D eigenvalue weighted by Gasteiger charge is -2.00. The molecule has 1 aromatic heterocycles. The number of nitrogens with zero attached hydrogens (tertiary/aromatic N) is 1. The van der Waals surface area contributed by atoms with E-state index in [0.717, 1.165) is 16.3 Å². The molecule has 0 aliphatic rings. The zero-order valence-corrected chi connectivity index (χ0v) is 8.03. The number of rotatable bonds is 2. The van der Waals surface area contributed by atoms with Crippen LogP contribution in [-0.4, -0.2) is 10.8 Å². The van der Waals surface area contributed by atoms with Gasteiger partial charge in [0.25, 0.3) is 0 Å². The Bertz CT molecular complexity index is 476. The average molecular weight is 185 g/mol. The molecule has 1 aromatic carbocycles. The van der Waals surface area contributed by atoms with Gasteiger partial charge in [0.15, 0.2) is 5.78 Å². The number of hydrogen-bond acceptors (Lipinski definition) is 2. The van der Waals surface area contributed by atoms with Crippen LogP contribution in [0.5, 0.6) is 0 Å². The molecule has 0 bridgehead atoms. The minimum absolute atomic E-state index is 0.177. The van der Waals surface area contributed by atoms with Crippen LogP contribution in [0.25, 0.3) is 10.8 Å². The molecule has 0 atom stereocenters. The summed E-state index contributed by atoms with van der Waals surface area (Å²) < 4.78 is 0. The van der Waals surface area contributed by atoms with Crippen LogP contribution in [0.3, 0.4) is 0 Å². The molecule has 0 aliphatic carbocycles. The summed E-state index contributed by atoms with van der Waals surface area (Å²) in [5.41, 5.74) is 0.771. The van der Waals surface area contributed by atoms with Gasteiger partial charge in [0, 0.05) is 29.8 Å². The van der Waals surface area contributed by atoms with E-state index in [0.29, 0.717) is 6.42 Å². The number of hydrogen-bond donors (Lipinski definition) is 0. The maximum atomic E-state index is 11.4. The van der Waals surface area contributed by atoms with Crippen molar-refractivity contribution in [3.8, 4) is 0 Å². The zero-order valence-electron chi connectivity index (χ0n) is 8.03. The molecule has 2 rings (SSSR count). The highest BCUT2D eigenvalue weighted by molar-refractivity contribution is 5.99. The molecule has 0 fully saturated rings. The number of carbonyl (C=O) groups excluding carboxylic acids is 1. The molecule has 0 radical (unpaired) electrons. The molecule has 0 saturated carbocycles. The first kappa shape index (κ1) is 8.88. The first-order valence-electron chi connectivity index (χ1n) is 4.68. The summed E-state index contributed by atoms with van der Waals surface area (Å²) in [6.07, 6.45) is 4.08. The fourth-order valence-corrected chi connectivity index (χ4v) is 1.46. The molecule has 1 heterocycles. The normalized spacial score (nSPS) is 10.4. The van der Waals surface area contributed by atoms with E-state index in [1.165, 1.54) is 0 Å². The van der Waals surface area contributed by atoms with Crippen molar-refractivity contribution in [2.45, 2.75) is 13.3 Å². The quantitative estimate of drug-likeness (QED) is 0.673. The van der Waals surface area contributed by atoms with Gasteiger partial charge in [-0.05, 0) is 17.5 Å². The van der Waals surface area contributed by atoms with E-state index < -0.39 is 0 Å². The number of ketones is 1. The lowest BCUT2D eigenvalue weighted by Crippen LogP contribution is -1.95. The minimum atomic E-state index is 0.177. The van der Waals surface area contributed by atoms with Crippen LogP contribution in [-0.2, 0) is 0 Å². The van der Waals surface area contributed by atoms with E-state index in [1.54, 1.807) is 12.4 Å². The van der Waals surface area contributed by atoms with Crippen molar-refractivity contribution in [1.82, 2.24) is 4.98 Å². The Hall–Kier alpha value is -1.70. The molecule has 0 amide bonds. The van der Waals surface area contributed by atoms with Crippen molar-refractivity contribution in [2.75, 3.05) is 0 Å². The zero-order chi connectivity index (χ0) is 9.97. The number of carbonyl (C=O) groups is 1. The third-order valence-electron chi connectivity index (χ3n) is 2.28. The third kappa shape index (κ3) is 1.51. The summed E-state index contributed by atoms with van der Waals surface area (Å²) in [5, 5.41) is 2.14. The molecule has 0 aliphatic heterocycles. The van der Waals surface area contributed by atoms with E-state index >= 15 is 0 Å². The smallest absolute Gasteiger partial charge is 0.162 e. The molecule has 2 nitrogen and oxygen atoms in total. The number of Topliss-reactive ketones (excluding diaryl/α,β-unsaturated/α-hetero) is 1. The van der Waals surface area contributed by atoms with Crippen LogP contribution in [0, 0.1) is 0 Å². The van der Waals surface area contributed by atoms with Crippen LogP contribution >= 0.6 is 0 Å². The van der Waals surface area contributed by atoms with Crippen molar-refractivity contribution in [3.05, 3.63) is 42.2 Å². The molecule has 0 N–H and O–H groups in total. The highest BCUT2D eigenvalue weighted by Crippen LogP contribution is 2.15. The lowest BCUT2D eigenvalue weighted by atomic mass is 10.1. The van der Waals surface area contributed by atoms with Gasteiger partial charge in [-0.25, -0.2) is 0 Å². The van der Waals surface area contributed by atoms with Crippen molar-refractivity contribution in [3.63, 3.8) is 0 Å². The Balaban J connectivity index is 2.56. The van der Waals surface area contributed by atoms with Gasteiger partial charge in [-0.1, -0.05) is 19.1 Å². The van der Waals surface area contributed by atoms with Gasteiger partial charge in [0.05, 0.1) is 0 Å². The van der Waals surface area contributed by atoms with Crippen molar-refractivity contribution in [2.24, 2.45) is 0 Å². The van der Waals surface area contributed by atoms with Gasteiger partial charge in [0.1, 0.15) is 0 Å². The Labute approximate surface area is 82.6 Å². The van der Waals surface area contributed by atoms with Crippen LogP contribution in [0.1, 0.15) is 23.7 Å². The van der Waals surface area contributed by atoms with E-state index in [1.807, 2.05) is 31.2 Å². The summed E-state index contributed by atoms with van der Waals surface area (Å²) >= 11 is 0. The molecular formula is C12H11NO. The lowest BCUT2D eigenvalue weighted by molar-refractivity contribution is 0.0988. The highest BCUT2D eigenvalue weighted by atomic mass is 16.1. The van der Waals surface area contributed by atoms with Gasteiger partial charge in [-0.2, -0.15) is 0 Å². The van der Waals surface area contributed by atoms with Crippen LogP contribution in [0.15, 0.2) is 36.7 Å². The maximum absolute atomic E-state index is 11.4. The van der Waals surface area contributed by atoms with Gasteiger partial charge in [-0.3, -0.25) is 9.78 Å². The van der Waals surface area contributed by atoms with Gasteiger partial charge in [-0.15, -0.1) is 0 Å². The van der Waals surface area contributed by atoms with E-state index in [4.69, 9.17) is 0 Å². The average Bonchev–Trinajstić information content (AvgIpc) is 2.27. The van der Waals surface area contributed by atoms with Crippen molar-refractivity contribution < 1.29 is 4.79 Å². The minimum Gasteiger partial charge on any atom is -0.294 e. The largest absolute Gasteiger partial charge is 0.294 e. The number of pyridine rings is 1. The maximum Gasteiger partial charge on any atom is 0.162 e. The second-order valence-electron chi connectivity index (χ2n) is 3.21. The topological polar surface area (TPSA) is 30.0 Å². The van der Waals surface area contributed by atoms with Crippen molar-refractivity contribution in [1.29, 1.82) is 0 Å². The SMILES string of the molecule is CCC(=O)c1ccc2ccncc2c1. The summed E-state index contributed by atoms with van der Waals surface area (Å²) in [5.74, 6) is 0.177. The fraction of sp³-hybridized carbons (Fsp3) is 0.167. The van der Waals surface area contributed by atoms with Gasteiger partial charge in [0.2, 0.25) is 0 Å². The summed E-state index contributed by atoms with van der Waals surface area (Å²) in [7, 11) is 0. The monoisotopic (exact) mass is 185 g/mol. The van der Waals surface area contributed by atoms with Crippen LogP contribution in [0.4, 0.5) is 0 Å². The second-order valence-corrected chi connectivity index (χ2v) is 3.21. The molecule has 0 spiro atoms. The predicted octanol–water partition coefficient (Wildman–Crippen LogP) is 2.83. The predicted molar refractivity (Wildman–Crippen MR) is 56.4 cm³/mol. The molecule has 2 heteroatoms. The van der Waals surface area contributed by atoms with E-state index in [2.05, 4.69) is 4.98 Å². The van der Waals surface area contributed by atoms with Gasteiger partial charge >= 0.3 is 0 Å². The highest BCUT2D eigenvalue weighted by Gasteiger charge is 2.03. The Morgan fingerprint density at radius 3 is 2.93 bits per heavy atom. The van der Waals surface area contributed by atoms with Crippen LogP contribution in [0.2, 0.25) is 0 Å². The Morgan fingerprint density at radius 2 is 2.14 bits per heavy atom. The standard InChI is InChI=1S/C12H11NO/c1-2-12(14)10-4-3-9-5-6-13-8-11(9)7-10/h3-8H,2H2,1H3. The summed E-state index contributed by atoms with van der Waals surface area (Å²) in [6, 6.07) is 7.66. The number of fused-ring (bicyclic) bond motifs is 1. The number of benzene rings is 1. The molecular weight excluding hydrogens is 174 g/mol. The molecule has 0 saturated heterocycles. The first-order valence-corrected chi connectivity index (χ1v) is 4.68. The van der Waals surface area contributed by atoms with E-state index in [9.17, 15) is 4.79 Å². The number of aromatic nitrogens is 1. The second kappa shape index (κ2) is 3.58. The third-order valence-corrected chi connectivity index (χ3v) is 2.28. The summed E-state index contributed by atoms with van der Waals surface area (Å²) in [4.78, 5) is 15.5. The molecule has 14 heavy (non-hydrogen) atoms. The summed E-state index contributed by atoms with van der Waals surface area (Å²) in [6.45, 7) is 1.87. The fourth-order valence-electron chi connectivity index (χ4n) is 1.46. The Morgan fingerprint density at radius 1 is 1.29 bits per heavy atom. The molecule has 70 valence electrons. The first-order chi connectivity index (χ1) is 6.81. The molecule has 0 unspecified atom stereocenters. The van der Waals surface area contributed by atoms with Crippen molar-refractivity contribution >= 4 is 16.6 Å².